The van der Waals surface area contributed by atoms with Gasteiger partial charge in [0.05, 0.1) is 6.10 Å². The number of fused-ring (bicyclic) bond motifs is 3. The molecule has 0 saturated heterocycles. The summed E-state index contributed by atoms with van der Waals surface area (Å²) in [6, 6.07) is 0.775. The molecule has 3 aliphatic carbocycles. The molecule has 0 aromatic carbocycles. The van der Waals surface area contributed by atoms with E-state index in [9.17, 15) is 9.90 Å². The highest BCUT2D eigenvalue weighted by atomic mass is 16.3. The lowest BCUT2D eigenvalue weighted by Crippen LogP contribution is -2.48. The zero-order chi connectivity index (χ0) is 31.2. The van der Waals surface area contributed by atoms with Gasteiger partial charge in [0.1, 0.15) is 0 Å². The Morgan fingerprint density at radius 3 is 2.37 bits per heavy atom. The summed E-state index contributed by atoms with van der Waals surface area (Å²) in [5, 5.41) is 25.8. The van der Waals surface area contributed by atoms with E-state index in [4.69, 9.17) is 5.73 Å². The van der Waals surface area contributed by atoms with Crippen molar-refractivity contribution in [3.8, 4) is 0 Å². The van der Waals surface area contributed by atoms with Crippen molar-refractivity contribution in [1.29, 1.82) is 0 Å². The molecule has 0 radical (unpaired) electrons. The van der Waals surface area contributed by atoms with Crippen molar-refractivity contribution in [3.63, 3.8) is 0 Å². The summed E-state index contributed by atoms with van der Waals surface area (Å²) in [5.41, 5.74) is 5.85. The fraction of sp³-hybridized carbons (Fsp3) is 0.972. The molecular weight excluding hydrogens is 534 g/mol. The van der Waals surface area contributed by atoms with E-state index in [1.165, 1.54) is 64.2 Å². The molecular formula is C36H71N5O2. The van der Waals surface area contributed by atoms with Gasteiger partial charge in [0, 0.05) is 31.6 Å². The number of unbranched alkanes of at least 4 members (excludes halogenated alkanes) is 1. The summed E-state index contributed by atoms with van der Waals surface area (Å²) in [6.07, 6.45) is 16.0. The van der Waals surface area contributed by atoms with Gasteiger partial charge in [-0.1, -0.05) is 33.6 Å². The molecule has 252 valence electrons. The molecule has 0 heterocycles. The van der Waals surface area contributed by atoms with Crippen molar-refractivity contribution in [2.24, 2.45) is 46.7 Å². The molecule has 9 atom stereocenters. The minimum atomic E-state index is -0.180. The van der Waals surface area contributed by atoms with E-state index in [2.05, 4.69) is 42.0 Å². The van der Waals surface area contributed by atoms with Crippen LogP contribution < -0.4 is 27.0 Å². The van der Waals surface area contributed by atoms with Gasteiger partial charge in [-0.05, 0) is 152 Å². The van der Waals surface area contributed by atoms with Crippen molar-refractivity contribution >= 4 is 5.91 Å². The van der Waals surface area contributed by atoms with Crippen LogP contribution in [-0.2, 0) is 4.79 Å². The summed E-state index contributed by atoms with van der Waals surface area (Å²) in [5.74, 6) is 3.71. The fourth-order valence-electron chi connectivity index (χ4n) is 9.54. The lowest BCUT2D eigenvalue weighted by Gasteiger charge is -2.52. The van der Waals surface area contributed by atoms with Crippen molar-refractivity contribution in [3.05, 3.63) is 0 Å². The molecule has 3 fully saturated rings. The molecule has 0 bridgehead atoms. The number of hydrogen-bond donors (Lipinski definition) is 6. The third-order valence-corrected chi connectivity index (χ3v) is 11.7. The van der Waals surface area contributed by atoms with E-state index in [-0.39, 0.29) is 18.1 Å². The lowest BCUT2D eigenvalue weighted by atomic mass is 9.54. The van der Waals surface area contributed by atoms with E-state index in [0.717, 1.165) is 58.5 Å². The Balaban J connectivity index is 1.44. The molecule has 0 aliphatic heterocycles. The van der Waals surface area contributed by atoms with Crippen LogP contribution in [0.1, 0.15) is 125 Å². The van der Waals surface area contributed by atoms with Crippen LogP contribution >= 0.6 is 0 Å². The van der Waals surface area contributed by atoms with Crippen LogP contribution in [0.2, 0.25) is 0 Å². The molecule has 43 heavy (non-hydrogen) atoms. The first-order valence-corrected chi connectivity index (χ1v) is 18.5. The predicted octanol–water partition coefficient (Wildman–Crippen LogP) is 5.21. The topological polar surface area (TPSA) is 111 Å². The molecule has 3 aliphatic rings. The minimum Gasteiger partial charge on any atom is -0.393 e. The molecule has 0 spiro atoms. The van der Waals surface area contributed by atoms with Gasteiger partial charge in [0.25, 0.3) is 0 Å². The molecule has 4 unspecified atom stereocenters. The van der Waals surface area contributed by atoms with Gasteiger partial charge in [0.2, 0.25) is 5.91 Å². The Labute approximate surface area is 265 Å². The maximum Gasteiger partial charge on any atom is 0.220 e. The average molecular weight is 606 g/mol. The Kier molecular flexibility index (Phi) is 16.3. The van der Waals surface area contributed by atoms with E-state index < -0.39 is 0 Å². The third kappa shape index (κ3) is 11.5. The van der Waals surface area contributed by atoms with Crippen LogP contribution in [-0.4, -0.2) is 68.5 Å². The number of carbonyl (C=O) groups excluding carboxylic acids is 1. The number of aliphatic hydroxyl groups is 1. The summed E-state index contributed by atoms with van der Waals surface area (Å²) in [4.78, 5) is 12.4. The van der Waals surface area contributed by atoms with Gasteiger partial charge in [0.15, 0.2) is 0 Å². The maximum absolute atomic E-state index is 12.4. The third-order valence-electron chi connectivity index (χ3n) is 11.7. The Hall–Kier alpha value is -0.730. The van der Waals surface area contributed by atoms with E-state index in [1.54, 1.807) is 0 Å². The van der Waals surface area contributed by atoms with Crippen LogP contribution in [0.25, 0.3) is 0 Å². The highest BCUT2D eigenvalue weighted by Gasteiger charge is 2.56. The molecule has 7 nitrogen and oxygen atoms in total. The van der Waals surface area contributed by atoms with Gasteiger partial charge >= 0.3 is 0 Å². The van der Waals surface area contributed by atoms with Gasteiger partial charge in [-0.3, -0.25) is 4.79 Å². The van der Waals surface area contributed by atoms with Gasteiger partial charge in [-0.15, -0.1) is 0 Å². The smallest absolute Gasteiger partial charge is 0.220 e. The van der Waals surface area contributed by atoms with E-state index >= 15 is 0 Å². The quantitative estimate of drug-likeness (QED) is 0.127. The maximum atomic E-state index is 12.4. The molecule has 0 aromatic rings. The average Bonchev–Trinajstić information content (AvgIpc) is 3.30. The van der Waals surface area contributed by atoms with Gasteiger partial charge < -0.3 is 32.1 Å². The van der Waals surface area contributed by atoms with Crippen molar-refractivity contribution in [2.45, 2.75) is 143 Å². The molecule has 7 heteroatoms. The normalized spacial score (nSPS) is 34.0. The zero-order valence-electron chi connectivity index (χ0n) is 28.8. The number of rotatable bonds is 17. The van der Waals surface area contributed by atoms with Gasteiger partial charge in [-0.25, -0.2) is 0 Å². The molecule has 3 rings (SSSR count). The number of aliphatic hydroxyl groups excluding tert-OH is 1. The highest BCUT2D eigenvalue weighted by molar-refractivity contribution is 5.76. The summed E-state index contributed by atoms with van der Waals surface area (Å²) in [6.45, 7) is 17.4. The first kappa shape index (κ1) is 36.7. The SMILES string of the molecule is CC1C[C@@H](NCCNCCCCNCCCN)CCCC2CC[C@@]3(C)C(CC[C@@H]3[C@H](C)CCC(=O)NC(C)C)C2[C@@H](O)C1. The first-order chi connectivity index (χ1) is 20.7. The second-order valence-corrected chi connectivity index (χ2v) is 15.5. The van der Waals surface area contributed by atoms with Crippen LogP contribution in [0, 0.1) is 40.9 Å². The summed E-state index contributed by atoms with van der Waals surface area (Å²) >= 11 is 0. The van der Waals surface area contributed by atoms with Crippen LogP contribution in [0.4, 0.5) is 0 Å². The summed E-state index contributed by atoms with van der Waals surface area (Å²) < 4.78 is 0. The van der Waals surface area contributed by atoms with Crippen LogP contribution in [0.15, 0.2) is 0 Å². The monoisotopic (exact) mass is 606 g/mol. The standard InChI is InChI=1S/C36H71N5O2/c1-26(2)41-34(43)15-12-28(4)31-13-14-32-35-29(16-17-36(31,32)5)10-8-11-30(24-27(3)25-33(35)42)40-23-22-39-20-7-6-19-38-21-9-18-37/h26-33,35,38-40,42H,6-25,37H2,1-5H3,(H,41,43)/t27?,28-,29?,30+,31-,32?,33+,35?,36-/m1/s1. The number of amides is 1. The molecule has 3 saturated carbocycles. The van der Waals surface area contributed by atoms with Crippen molar-refractivity contribution in [1.82, 2.24) is 21.3 Å². The Morgan fingerprint density at radius 2 is 1.65 bits per heavy atom. The predicted molar refractivity (Wildman–Crippen MR) is 181 cm³/mol. The zero-order valence-corrected chi connectivity index (χ0v) is 28.8. The van der Waals surface area contributed by atoms with Crippen molar-refractivity contribution in [2.75, 3.05) is 39.3 Å². The molecule has 1 amide bonds. The molecule has 7 N–H and O–H groups in total. The van der Waals surface area contributed by atoms with Crippen molar-refractivity contribution < 1.29 is 9.90 Å². The highest BCUT2D eigenvalue weighted by Crippen LogP contribution is 2.62. The van der Waals surface area contributed by atoms with E-state index in [0.29, 0.717) is 53.4 Å². The van der Waals surface area contributed by atoms with E-state index in [1.807, 2.05) is 13.8 Å². The number of nitrogens with two attached hydrogens (primary N) is 1. The Morgan fingerprint density at radius 1 is 0.930 bits per heavy atom. The Bertz CT molecular complexity index is 781. The minimum absolute atomic E-state index is 0.180. The largest absolute Gasteiger partial charge is 0.393 e. The van der Waals surface area contributed by atoms with Crippen LogP contribution in [0.3, 0.4) is 0 Å². The number of nitrogens with one attached hydrogen (secondary N) is 4. The lowest BCUT2D eigenvalue weighted by molar-refractivity contribution is -0.122. The number of hydrogen-bond acceptors (Lipinski definition) is 6. The summed E-state index contributed by atoms with van der Waals surface area (Å²) in [7, 11) is 0. The number of carbonyl (C=O) groups is 1. The van der Waals surface area contributed by atoms with Crippen LogP contribution in [0.5, 0.6) is 0 Å². The second-order valence-electron chi connectivity index (χ2n) is 15.5. The molecule has 0 aromatic heterocycles. The first-order valence-electron chi connectivity index (χ1n) is 18.5. The second kappa shape index (κ2) is 19.1. The van der Waals surface area contributed by atoms with Gasteiger partial charge in [-0.2, -0.15) is 0 Å². The fourth-order valence-corrected chi connectivity index (χ4v) is 9.54.